The van der Waals surface area contributed by atoms with Crippen LogP contribution < -0.4 is 10.1 Å². The second kappa shape index (κ2) is 17.0. The summed E-state index contributed by atoms with van der Waals surface area (Å²) in [6, 6.07) is 3.92. The number of methoxy groups -OCH3 is 1. The highest BCUT2D eigenvalue weighted by molar-refractivity contribution is 5.84. The van der Waals surface area contributed by atoms with Crippen LogP contribution in [0, 0.1) is 17.8 Å². The van der Waals surface area contributed by atoms with Crippen LogP contribution in [-0.4, -0.2) is 97.1 Å². The van der Waals surface area contributed by atoms with Gasteiger partial charge >= 0.3 is 6.09 Å². The number of carbonyl (C=O) groups is 3. The van der Waals surface area contributed by atoms with Gasteiger partial charge in [-0.1, -0.05) is 19.9 Å². The van der Waals surface area contributed by atoms with Gasteiger partial charge in [0.1, 0.15) is 11.4 Å². The number of carbonyl (C=O) groups excluding carboxylic acids is 3. The molecule has 1 aromatic carbocycles. The molecule has 1 aliphatic carbocycles. The van der Waals surface area contributed by atoms with E-state index in [-0.39, 0.29) is 49.5 Å². The third-order valence-electron chi connectivity index (χ3n) is 8.85. The van der Waals surface area contributed by atoms with Crippen molar-refractivity contribution in [1.82, 2.24) is 15.1 Å². The Morgan fingerprint density at radius 3 is 2.53 bits per heavy atom. The summed E-state index contributed by atoms with van der Waals surface area (Å²) in [6.45, 7) is 12.4. The number of aliphatic hydroxyl groups is 1. The minimum absolute atomic E-state index is 0.0598. The molecule has 1 unspecified atom stereocenters. The number of rotatable bonds is 15. The molecule has 1 saturated heterocycles. The molecule has 0 spiro atoms. The molecule has 264 valence electrons. The van der Waals surface area contributed by atoms with Crippen LogP contribution >= 0.6 is 0 Å². The summed E-state index contributed by atoms with van der Waals surface area (Å²) < 4.78 is 22.9. The third-order valence-corrected chi connectivity index (χ3v) is 8.85. The molecular weight excluding hydrogens is 602 g/mol. The highest BCUT2D eigenvalue weighted by Gasteiger charge is 2.43. The fourth-order valence-electron chi connectivity index (χ4n) is 6.53. The summed E-state index contributed by atoms with van der Waals surface area (Å²) in [4.78, 5) is 44.6. The van der Waals surface area contributed by atoms with Crippen molar-refractivity contribution in [3.8, 4) is 5.75 Å². The summed E-state index contributed by atoms with van der Waals surface area (Å²) in [7, 11) is 1.68. The zero-order chi connectivity index (χ0) is 34.1. The number of hydrogen-bond donors (Lipinski definition) is 2. The van der Waals surface area contributed by atoms with Gasteiger partial charge in [0.05, 0.1) is 37.7 Å². The van der Waals surface area contributed by atoms with Crippen LogP contribution in [0.2, 0.25) is 0 Å². The molecule has 2 heterocycles. The standard InChI is InChI=1S/C36H57N3O8/c1-24(2)15-29(22-40)37-33(41)26-18-27(21-38(20-26)35(43)47-36(3,4)5)34(42)39(30-10-11-30)19-25-16-28(23-45-13-8-12-44-6)31-9-7-14-46-32(31)17-25/h16-17,24,26-27,29-30,40H,7-15,18-23H2,1-6H3,(H,37,41)/t26-,27+,29?/m0/s1. The van der Waals surface area contributed by atoms with Gasteiger partial charge in [0.2, 0.25) is 11.8 Å². The zero-order valence-electron chi connectivity index (χ0n) is 29.3. The van der Waals surface area contributed by atoms with E-state index in [1.165, 1.54) is 10.5 Å². The molecule has 0 aromatic heterocycles. The minimum atomic E-state index is -0.717. The van der Waals surface area contributed by atoms with Gasteiger partial charge in [-0.3, -0.25) is 9.59 Å². The van der Waals surface area contributed by atoms with E-state index in [1.807, 2.05) is 18.7 Å². The van der Waals surface area contributed by atoms with E-state index in [4.69, 9.17) is 18.9 Å². The van der Waals surface area contributed by atoms with Crippen molar-refractivity contribution in [2.75, 3.05) is 46.6 Å². The van der Waals surface area contributed by atoms with Crippen molar-refractivity contribution in [3.05, 3.63) is 28.8 Å². The number of ether oxygens (including phenoxy) is 4. The third kappa shape index (κ3) is 11.1. The average molecular weight is 660 g/mol. The fourth-order valence-corrected chi connectivity index (χ4v) is 6.53. The predicted octanol–water partition coefficient (Wildman–Crippen LogP) is 4.45. The highest BCUT2D eigenvalue weighted by Crippen LogP contribution is 2.36. The van der Waals surface area contributed by atoms with Crippen LogP contribution in [0.4, 0.5) is 4.79 Å². The van der Waals surface area contributed by atoms with Crippen LogP contribution in [0.15, 0.2) is 12.1 Å². The maximum Gasteiger partial charge on any atom is 0.410 e. The summed E-state index contributed by atoms with van der Waals surface area (Å²) in [5.41, 5.74) is 2.52. The number of likely N-dealkylation sites (tertiary alicyclic amines) is 1. The second-order valence-corrected chi connectivity index (χ2v) is 14.8. The molecule has 1 saturated carbocycles. The molecule has 3 aliphatic rings. The lowest BCUT2D eigenvalue weighted by atomic mass is 9.87. The van der Waals surface area contributed by atoms with Crippen molar-refractivity contribution in [2.45, 2.75) is 110 Å². The Hall–Kier alpha value is -2.89. The predicted molar refractivity (Wildman–Crippen MR) is 178 cm³/mol. The van der Waals surface area contributed by atoms with E-state index < -0.39 is 23.5 Å². The molecule has 2 aliphatic heterocycles. The number of nitrogens with zero attached hydrogens (tertiary/aromatic N) is 2. The van der Waals surface area contributed by atoms with Crippen molar-refractivity contribution in [2.24, 2.45) is 17.8 Å². The van der Waals surface area contributed by atoms with Gasteiger partial charge in [-0.25, -0.2) is 4.79 Å². The molecule has 3 amide bonds. The largest absolute Gasteiger partial charge is 0.493 e. The molecule has 2 N–H and O–H groups in total. The van der Waals surface area contributed by atoms with Crippen LogP contribution in [0.3, 0.4) is 0 Å². The number of fused-ring (bicyclic) bond motifs is 1. The van der Waals surface area contributed by atoms with Gasteiger partial charge in [0.25, 0.3) is 0 Å². The maximum absolute atomic E-state index is 14.4. The lowest BCUT2D eigenvalue weighted by molar-refractivity contribution is -0.140. The monoisotopic (exact) mass is 659 g/mol. The molecule has 4 rings (SSSR count). The van der Waals surface area contributed by atoms with E-state index in [1.54, 1.807) is 27.9 Å². The Kier molecular flexibility index (Phi) is 13.3. The Morgan fingerprint density at radius 1 is 1.13 bits per heavy atom. The number of nitrogens with one attached hydrogen (secondary N) is 1. The first kappa shape index (κ1) is 36.9. The number of piperidine rings is 1. The van der Waals surface area contributed by atoms with Gasteiger partial charge < -0.3 is 39.2 Å². The lowest BCUT2D eigenvalue weighted by Gasteiger charge is -2.39. The summed E-state index contributed by atoms with van der Waals surface area (Å²) in [6.07, 6.45) is 4.96. The Bertz CT molecular complexity index is 1210. The highest BCUT2D eigenvalue weighted by atomic mass is 16.6. The SMILES string of the molecule is COCCCOCc1cc(CN(C(=O)[C@@H]2C[C@H](C(=O)NC(CO)CC(C)C)CN(C(=O)OC(C)(C)C)C2)C2CC2)cc2c1CCCO2. The second-order valence-electron chi connectivity index (χ2n) is 14.8. The average Bonchev–Trinajstić information content (AvgIpc) is 3.87. The molecule has 11 heteroatoms. The summed E-state index contributed by atoms with van der Waals surface area (Å²) >= 11 is 0. The van der Waals surface area contributed by atoms with Crippen LogP contribution in [-0.2, 0) is 43.4 Å². The summed E-state index contributed by atoms with van der Waals surface area (Å²) in [5, 5.41) is 12.9. The maximum atomic E-state index is 14.4. The van der Waals surface area contributed by atoms with Crippen LogP contribution in [0.25, 0.3) is 0 Å². The smallest absolute Gasteiger partial charge is 0.410 e. The first-order valence-electron chi connectivity index (χ1n) is 17.4. The van der Waals surface area contributed by atoms with E-state index in [9.17, 15) is 19.5 Å². The number of amides is 3. The normalized spacial score (nSPS) is 20.3. The fraction of sp³-hybridized carbons (Fsp3) is 0.750. The van der Waals surface area contributed by atoms with Crippen molar-refractivity contribution in [1.29, 1.82) is 0 Å². The van der Waals surface area contributed by atoms with Gasteiger partial charge in [-0.05, 0) is 94.4 Å². The lowest BCUT2D eigenvalue weighted by Crippen LogP contribution is -2.54. The van der Waals surface area contributed by atoms with Gasteiger partial charge in [-0.2, -0.15) is 0 Å². The van der Waals surface area contributed by atoms with Crippen molar-refractivity contribution < 1.29 is 38.4 Å². The molecule has 2 fully saturated rings. The molecular formula is C36H57N3O8. The van der Waals surface area contributed by atoms with Crippen molar-refractivity contribution in [3.63, 3.8) is 0 Å². The molecule has 11 nitrogen and oxygen atoms in total. The molecule has 47 heavy (non-hydrogen) atoms. The number of hydrogen-bond acceptors (Lipinski definition) is 8. The van der Waals surface area contributed by atoms with Gasteiger partial charge in [0, 0.05) is 46.0 Å². The topological polar surface area (TPSA) is 127 Å². The van der Waals surface area contributed by atoms with Gasteiger partial charge in [0.15, 0.2) is 0 Å². The molecule has 3 atom stereocenters. The Morgan fingerprint density at radius 2 is 1.87 bits per heavy atom. The quantitative estimate of drug-likeness (QED) is 0.265. The van der Waals surface area contributed by atoms with E-state index >= 15 is 0 Å². The Labute approximate surface area is 280 Å². The van der Waals surface area contributed by atoms with Crippen molar-refractivity contribution >= 4 is 17.9 Å². The van der Waals surface area contributed by atoms with E-state index in [0.717, 1.165) is 49.0 Å². The molecule has 0 radical (unpaired) electrons. The van der Waals surface area contributed by atoms with Gasteiger partial charge in [-0.15, -0.1) is 0 Å². The zero-order valence-corrected chi connectivity index (χ0v) is 29.3. The van der Waals surface area contributed by atoms with Crippen LogP contribution in [0.1, 0.15) is 89.8 Å². The molecule has 1 aromatic rings. The molecule has 0 bridgehead atoms. The first-order valence-corrected chi connectivity index (χ1v) is 17.4. The van der Waals surface area contributed by atoms with Crippen LogP contribution in [0.5, 0.6) is 5.75 Å². The number of benzene rings is 1. The van der Waals surface area contributed by atoms with E-state index in [0.29, 0.717) is 45.8 Å². The first-order chi connectivity index (χ1) is 22.4. The van der Waals surface area contributed by atoms with E-state index in [2.05, 4.69) is 17.4 Å². The minimum Gasteiger partial charge on any atom is -0.493 e. The summed E-state index contributed by atoms with van der Waals surface area (Å²) in [5.74, 6) is -0.339. The Balaban J connectivity index is 1.54. The number of aliphatic hydroxyl groups excluding tert-OH is 1.